The van der Waals surface area contributed by atoms with E-state index in [0.29, 0.717) is 11.3 Å². The average molecular weight is 306 g/mol. The number of carbonyl (C=O) groups is 2. The summed E-state index contributed by atoms with van der Waals surface area (Å²) in [5, 5.41) is 13.8. The molecular weight excluding hydrogens is 292 g/mol. The Morgan fingerprint density at radius 2 is 1.87 bits per heavy atom. The predicted molar refractivity (Wildman–Crippen MR) is 87.5 cm³/mol. The third kappa shape index (κ3) is 3.18. The fourth-order valence-corrected chi connectivity index (χ4v) is 2.47. The van der Waals surface area contributed by atoms with Gasteiger partial charge in [0.15, 0.2) is 0 Å². The summed E-state index contributed by atoms with van der Waals surface area (Å²) < 4.78 is 0. The third-order valence-electron chi connectivity index (χ3n) is 3.56. The Labute approximate surface area is 132 Å². The molecule has 2 aromatic carbocycles. The molecule has 5 heteroatoms. The van der Waals surface area contributed by atoms with Crippen molar-refractivity contribution in [1.29, 1.82) is 0 Å². The van der Waals surface area contributed by atoms with Crippen molar-refractivity contribution in [3.63, 3.8) is 0 Å². The molecule has 23 heavy (non-hydrogen) atoms. The van der Waals surface area contributed by atoms with Crippen molar-refractivity contribution in [2.24, 2.45) is 0 Å². The van der Waals surface area contributed by atoms with Gasteiger partial charge in [-0.1, -0.05) is 30.3 Å². The first-order chi connectivity index (χ1) is 11.1. The summed E-state index contributed by atoms with van der Waals surface area (Å²) in [6.45, 7) is 0. The van der Waals surface area contributed by atoms with E-state index < -0.39 is 5.97 Å². The third-order valence-corrected chi connectivity index (χ3v) is 3.56. The number of carboxylic acid groups (broad SMARTS) is 1. The quantitative estimate of drug-likeness (QED) is 0.776. The molecule has 1 heterocycles. The highest BCUT2D eigenvalue weighted by Gasteiger charge is 2.13. The molecule has 0 fully saturated rings. The summed E-state index contributed by atoms with van der Waals surface area (Å²) in [4.78, 5) is 27.5. The second-order valence-corrected chi connectivity index (χ2v) is 5.09. The zero-order chi connectivity index (χ0) is 16.2. The number of anilines is 1. The highest BCUT2D eigenvalue weighted by atomic mass is 16.4. The fourth-order valence-electron chi connectivity index (χ4n) is 2.47. The molecule has 1 amide bonds. The summed E-state index contributed by atoms with van der Waals surface area (Å²) in [5.74, 6) is -1.31. The van der Waals surface area contributed by atoms with Crippen LogP contribution in [0.15, 0.2) is 60.9 Å². The van der Waals surface area contributed by atoms with Gasteiger partial charge in [-0.25, -0.2) is 4.79 Å². The minimum absolute atomic E-state index is 0.000870. The smallest absolute Gasteiger partial charge is 0.335 e. The van der Waals surface area contributed by atoms with Crippen molar-refractivity contribution in [2.75, 3.05) is 5.32 Å². The minimum atomic E-state index is -1.04. The van der Waals surface area contributed by atoms with E-state index in [4.69, 9.17) is 5.11 Å². The molecular formula is C18H14N2O3. The standard InChI is InChI=1S/C18H14N2O3/c21-17(10-13-4-1-2-6-14(13)18(22)23)20-16-7-3-5-12-8-9-19-11-15(12)16/h1-9,11H,10H2,(H,20,21)(H,22,23). The van der Waals surface area contributed by atoms with Crippen LogP contribution < -0.4 is 5.32 Å². The first kappa shape index (κ1) is 14.7. The summed E-state index contributed by atoms with van der Waals surface area (Å²) in [5.41, 5.74) is 1.28. The minimum Gasteiger partial charge on any atom is -0.478 e. The lowest BCUT2D eigenvalue weighted by Gasteiger charge is -2.09. The summed E-state index contributed by atoms with van der Waals surface area (Å²) >= 11 is 0. The van der Waals surface area contributed by atoms with Gasteiger partial charge in [0.25, 0.3) is 0 Å². The van der Waals surface area contributed by atoms with Crippen molar-refractivity contribution in [3.8, 4) is 0 Å². The first-order valence-electron chi connectivity index (χ1n) is 7.09. The highest BCUT2D eigenvalue weighted by Crippen LogP contribution is 2.22. The second-order valence-electron chi connectivity index (χ2n) is 5.09. The Hall–Kier alpha value is -3.21. The summed E-state index contributed by atoms with van der Waals surface area (Å²) in [6.07, 6.45) is 3.38. The van der Waals surface area contributed by atoms with Gasteiger partial charge in [0.1, 0.15) is 0 Å². The molecule has 0 saturated heterocycles. The number of pyridine rings is 1. The van der Waals surface area contributed by atoms with Gasteiger partial charge in [-0.05, 0) is 29.1 Å². The molecule has 0 radical (unpaired) electrons. The second kappa shape index (κ2) is 6.27. The number of carbonyl (C=O) groups excluding carboxylic acids is 1. The van der Waals surface area contributed by atoms with Gasteiger partial charge in [0.2, 0.25) is 5.91 Å². The number of nitrogens with one attached hydrogen (secondary N) is 1. The molecule has 0 unspecified atom stereocenters. The van der Waals surface area contributed by atoms with E-state index in [1.165, 1.54) is 6.07 Å². The maximum absolute atomic E-state index is 12.3. The molecule has 2 N–H and O–H groups in total. The van der Waals surface area contributed by atoms with E-state index in [1.807, 2.05) is 18.2 Å². The van der Waals surface area contributed by atoms with Crippen molar-refractivity contribution < 1.29 is 14.7 Å². The molecule has 0 aliphatic rings. The molecule has 1 aromatic heterocycles. The monoisotopic (exact) mass is 306 g/mol. The maximum atomic E-state index is 12.3. The van der Waals surface area contributed by atoms with Gasteiger partial charge in [-0.2, -0.15) is 0 Å². The number of benzene rings is 2. The van der Waals surface area contributed by atoms with E-state index >= 15 is 0 Å². The Balaban J connectivity index is 1.84. The van der Waals surface area contributed by atoms with E-state index in [9.17, 15) is 9.59 Å². The van der Waals surface area contributed by atoms with Crippen molar-refractivity contribution in [1.82, 2.24) is 4.98 Å². The van der Waals surface area contributed by atoms with E-state index in [1.54, 1.807) is 36.7 Å². The summed E-state index contributed by atoms with van der Waals surface area (Å²) in [6, 6.07) is 13.9. The number of nitrogens with zero attached hydrogens (tertiary/aromatic N) is 1. The first-order valence-corrected chi connectivity index (χ1v) is 7.09. The molecule has 0 spiro atoms. The number of hydrogen-bond acceptors (Lipinski definition) is 3. The number of hydrogen-bond donors (Lipinski definition) is 2. The maximum Gasteiger partial charge on any atom is 0.335 e. The fraction of sp³-hybridized carbons (Fsp3) is 0.0556. The van der Waals surface area contributed by atoms with Crippen LogP contribution >= 0.6 is 0 Å². The van der Waals surface area contributed by atoms with Gasteiger partial charge in [-0.3, -0.25) is 9.78 Å². The van der Waals surface area contributed by atoms with E-state index in [0.717, 1.165) is 10.8 Å². The number of aromatic nitrogens is 1. The van der Waals surface area contributed by atoms with Crippen molar-refractivity contribution >= 4 is 28.3 Å². The molecule has 3 rings (SSSR count). The highest BCUT2D eigenvalue weighted by molar-refractivity contribution is 6.03. The van der Waals surface area contributed by atoms with Crippen LogP contribution in [-0.4, -0.2) is 22.0 Å². The molecule has 114 valence electrons. The Morgan fingerprint density at radius 3 is 2.70 bits per heavy atom. The Bertz CT molecular complexity index is 885. The SMILES string of the molecule is O=C(Cc1ccccc1C(=O)O)Nc1cccc2ccncc12. The molecule has 0 aliphatic heterocycles. The van der Waals surface area contributed by atoms with Crippen LogP contribution in [0.2, 0.25) is 0 Å². The predicted octanol–water partition coefficient (Wildman–Crippen LogP) is 3.11. The molecule has 0 atom stereocenters. The Morgan fingerprint density at radius 1 is 1.04 bits per heavy atom. The van der Waals surface area contributed by atoms with Crippen LogP contribution in [0.3, 0.4) is 0 Å². The van der Waals surface area contributed by atoms with Crippen molar-refractivity contribution in [3.05, 3.63) is 72.1 Å². The topological polar surface area (TPSA) is 79.3 Å². The average Bonchev–Trinajstić information content (AvgIpc) is 2.55. The lowest BCUT2D eigenvalue weighted by molar-refractivity contribution is -0.115. The molecule has 0 aliphatic carbocycles. The van der Waals surface area contributed by atoms with Crippen LogP contribution in [0, 0.1) is 0 Å². The van der Waals surface area contributed by atoms with Crippen LogP contribution in [0.1, 0.15) is 15.9 Å². The molecule has 0 bridgehead atoms. The largest absolute Gasteiger partial charge is 0.478 e. The van der Waals surface area contributed by atoms with Gasteiger partial charge in [0, 0.05) is 17.8 Å². The van der Waals surface area contributed by atoms with Crippen LogP contribution in [0.4, 0.5) is 5.69 Å². The van der Waals surface area contributed by atoms with Gasteiger partial charge >= 0.3 is 5.97 Å². The van der Waals surface area contributed by atoms with E-state index in [2.05, 4.69) is 10.3 Å². The van der Waals surface area contributed by atoms with Gasteiger partial charge < -0.3 is 10.4 Å². The van der Waals surface area contributed by atoms with Crippen LogP contribution in [0.25, 0.3) is 10.8 Å². The van der Waals surface area contributed by atoms with Crippen LogP contribution in [-0.2, 0) is 11.2 Å². The molecule has 5 nitrogen and oxygen atoms in total. The lowest BCUT2D eigenvalue weighted by atomic mass is 10.0. The Kier molecular flexibility index (Phi) is 4.01. The van der Waals surface area contributed by atoms with Crippen molar-refractivity contribution in [2.45, 2.75) is 6.42 Å². The zero-order valence-corrected chi connectivity index (χ0v) is 12.2. The zero-order valence-electron chi connectivity index (χ0n) is 12.2. The number of aromatic carboxylic acids is 1. The lowest BCUT2D eigenvalue weighted by Crippen LogP contribution is -2.16. The number of fused-ring (bicyclic) bond motifs is 1. The normalized spacial score (nSPS) is 10.4. The summed E-state index contributed by atoms with van der Waals surface area (Å²) in [7, 11) is 0. The number of carboxylic acids is 1. The number of rotatable bonds is 4. The molecule has 3 aromatic rings. The van der Waals surface area contributed by atoms with E-state index in [-0.39, 0.29) is 17.9 Å². The van der Waals surface area contributed by atoms with Crippen LogP contribution in [0.5, 0.6) is 0 Å². The van der Waals surface area contributed by atoms with Gasteiger partial charge in [0.05, 0.1) is 17.7 Å². The number of amides is 1. The van der Waals surface area contributed by atoms with Gasteiger partial charge in [-0.15, -0.1) is 0 Å². The molecule has 0 saturated carbocycles.